The van der Waals surface area contributed by atoms with E-state index in [1.165, 1.54) is 0 Å². The first-order chi connectivity index (χ1) is 11.5. The Morgan fingerprint density at radius 3 is 2.42 bits per heavy atom. The molecular formula is C17H28O7. The number of hydrogen-bond acceptors (Lipinski definition) is 7. The number of Topliss-reactive ketones (excluding diaryl/α,β-unsaturated/α-hetero) is 1. The van der Waals surface area contributed by atoms with Crippen LogP contribution in [0.2, 0.25) is 0 Å². The Kier molecular flexibility index (Phi) is 5.89. The molecule has 0 aromatic rings. The molecule has 7 heteroatoms. The Morgan fingerprint density at radius 2 is 1.67 bits per heavy atom. The van der Waals surface area contributed by atoms with Crippen molar-refractivity contribution >= 4 is 5.78 Å². The molecule has 7 nitrogen and oxygen atoms in total. The lowest BCUT2D eigenvalue weighted by molar-refractivity contribution is -0.314. The fourth-order valence-electron chi connectivity index (χ4n) is 4.28. The fraction of sp³-hybridized carbons (Fsp3) is 0.941. The highest BCUT2D eigenvalue weighted by Gasteiger charge is 2.46. The molecule has 2 aliphatic carbocycles. The quantitative estimate of drug-likeness (QED) is 0.557. The largest absolute Gasteiger partial charge is 0.394 e. The molecule has 0 aromatic heterocycles. The van der Waals surface area contributed by atoms with Gasteiger partial charge >= 0.3 is 0 Å². The number of carbonyl (C=O) groups excluding carboxylic acids is 1. The number of carbonyl (C=O) groups is 1. The van der Waals surface area contributed by atoms with Gasteiger partial charge in [-0.15, -0.1) is 0 Å². The first-order valence-electron chi connectivity index (χ1n) is 9.02. The van der Waals surface area contributed by atoms with Crippen molar-refractivity contribution < 1.29 is 34.7 Å². The van der Waals surface area contributed by atoms with Gasteiger partial charge in [-0.05, 0) is 25.7 Å². The standard InChI is InChI=1S/C17H28O7/c18-8-12-14(20)15(21)16(22)17(24-12)23-11-7-3-5-9-4-1-2-6-10(11)13(9)19/h9-12,14-18,20-22H,1-8H2/t9-,10+,11+,12-,14-,15+,16-,17-/m1/s1. The van der Waals surface area contributed by atoms with Crippen LogP contribution >= 0.6 is 0 Å². The van der Waals surface area contributed by atoms with Crippen molar-refractivity contribution in [2.45, 2.75) is 81.8 Å². The number of fused-ring (bicyclic) bond motifs is 2. The van der Waals surface area contributed by atoms with Crippen LogP contribution in [-0.4, -0.2) is 69.6 Å². The predicted octanol–water partition coefficient (Wildman–Crippen LogP) is -0.269. The van der Waals surface area contributed by atoms with Gasteiger partial charge < -0.3 is 29.9 Å². The maximum atomic E-state index is 12.7. The molecule has 0 aromatic carbocycles. The lowest BCUT2D eigenvalue weighted by Crippen LogP contribution is -2.60. The van der Waals surface area contributed by atoms with Crippen LogP contribution in [0.1, 0.15) is 44.9 Å². The number of rotatable bonds is 3. The molecule has 3 fully saturated rings. The molecule has 1 heterocycles. The molecule has 8 atom stereocenters. The minimum Gasteiger partial charge on any atom is -0.394 e. The Bertz CT molecular complexity index is 441. The second-order valence-corrected chi connectivity index (χ2v) is 7.29. The molecular weight excluding hydrogens is 316 g/mol. The van der Waals surface area contributed by atoms with Crippen molar-refractivity contribution in [3.8, 4) is 0 Å². The maximum Gasteiger partial charge on any atom is 0.186 e. The Morgan fingerprint density at radius 1 is 0.958 bits per heavy atom. The van der Waals surface area contributed by atoms with Gasteiger partial charge in [0, 0.05) is 11.8 Å². The summed E-state index contributed by atoms with van der Waals surface area (Å²) in [6.07, 6.45) is -0.534. The monoisotopic (exact) mass is 344 g/mol. The van der Waals surface area contributed by atoms with E-state index in [1.54, 1.807) is 0 Å². The van der Waals surface area contributed by atoms with Crippen molar-refractivity contribution in [1.82, 2.24) is 0 Å². The van der Waals surface area contributed by atoms with Crippen molar-refractivity contribution in [2.75, 3.05) is 6.61 Å². The molecule has 3 rings (SSSR count). The van der Waals surface area contributed by atoms with Crippen LogP contribution in [0.3, 0.4) is 0 Å². The van der Waals surface area contributed by atoms with E-state index in [2.05, 4.69) is 0 Å². The van der Waals surface area contributed by atoms with Crippen LogP contribution in [0.4, 0.5) is 0 Å². The summed E-state index contributed by atoms with van der Waals surface area (Å²) in [5.41, 5.74) is 0. The van der Waals surface area contributed by atoms with E-state index >= 15 is 0 Å². The van der Waals surface area contributed by atoms with Gasteiger partial charge in [-0.2, -0.15) is 0 Å². The molecule has 0 unspecified atom stereocenters. The molecule has 3 aliphatic rings. The molecule has 0 amide bonds. The van der Waals surface area contributed by atoms with E-state index in [1.807, 2.05) is 0 Å². The van der Waals surface area contributed by atoms with E-state index in [0.29, 0.717) is 6.42 Å². The molecule has 2 bridgehead atoms. The third-order valence-electron chi connectivity index (χ3n) is 5.73. The lowest BCUT2D eigenvalue weighted by Gasteiger charge is -2.41. The van der Waals surface area contributed by atoms with Crippen molar-refractivity contribution in [3.63, 3.8) is 0 Å². The topological polar surface area (TPSA) is 116 Å². The maximum absolute atomic E-state index is 12.7. The van der Waals surface area contributed by atoms with Crippen molar-refractivity contribution in [3.05, 3.63) is 0 Å². The second kappa shape index (κ2) is 7.76. The third-order valence-corrected chi connectivity index (χ3v) is 5.73. The van der Waals surface area contributed by atoms with E-state index < -0.39 is 37.3 Å². The van der Waals surface area contributed by atoms with E-state index in [0.717, 1.165) is 38.5 Å². The minimum absolute atomic E-state index is 0.112. The zero-order chi connectivity index (χ0) is 17.3. The van der Waals surface area contributed by atoms with E-state index in [-0.39, 0.29) is 23.7 Å². The molecule has 1 aliphatic heterocycles. The number of ether oxygens (including phenoxy) is 2. The molecule has 24 heavy (non-hydrogen) atoms. The number of aliphatic hydroxyl groups is 4. The highest BCUT2D eigenvalue weighted by Crippen LogP contribution is 2.37. The summed E-state index contributed by atoms with van der Waals surface area (Å²) in [4.78, 5) is 12.7. The summed E-state index contributed by atoms with van der Waals surface area (Å²) >= 11 is 0. The van der Waals surface area contributed by atoms with Gasteiger partial charge in [0.05, 0.1) is 12.7 Å². The highest BCUT2D eigenvalue weighted by atomic mass is 16.7. The van der Waals surface area contributed by atoms with Crippen molar-refractivity contribution in [2.24, 2.45) is 11.8 Å². The molecule has 2 saturated carbocycles. The van der Waals surface area contributed by atoms with Gasteiger partial charge in [0.2, 0.25) is 0 Å². The van der Waals surface area contributed by atoms with Crippen LogP contribution in [0, 0.1) is 11.8 Å². The number of aliphatic hydroxyl groups excluding tert-OH is 4. The smallest absolute Gasteiger partial charge is 0.186 e. The molecule has 0 spiro atoms. The zero-order valence-electron chi connectivity index (χ0n) is 13.8. The normalized spacial score (nSPS) is 47.1. The molecule has 1 saturated heterocycles. The number of ketones is 1. The zero-order valence-corrected chi connectivity index (χ0v) is 13.8. The van der Waals surface area contributed by atoms with Gasteiger partial charge in [-0.25, -0.2) is 0 Å². The van der Waals surface area contributed by atoms with Gasteiger partial charge in [-0.1, -0.05) is 19.3 Å². The fourth-order valence-corrected chi connectivity index (χ4v) is 4.28. The van der Waals surface area contributed by atoms with Crippen LogP contribution in [0.15, 0.2) is 0 Å². The molecule has 138 valence electrons. The number of hydrogen-bond donors (Lipinski definition) is 4. The average Bonchev–Trinajstić information content (AvgIpc) is 2.85. The van der Waals surface area contributed by atoms with E-state index in [9.17, 15) is 25.2 Å². The Labute approximate surface area is 141 Å². The van der Waals surface area contributed by atoms with Gasteiger partial charge in [0.25, 0.3) is 0 Å². The molecule has 4 N–H and O–H groups in total. The Hall–Kier alpha value is -0.570. The second-order valence-electron chi connectivity index (χ2n) is 7.29. The first kappa shape index (κ1) is 18.2. The SMILES string of the molecule is O=C1[C@@H]2CCCC[C@H]1[C@@H](O[C@@H]1O[C@H](CO)[C@@H](O)[C@H](O)[C@H]1O)CCC2. The van der Waals surface area contributed by atoms with Gasteiger partial charge in [0.15, 0.2) is 6.29 Å². The summed E-state index contributed by atoms with van der Waals surface area (Å²) in [5.74, 6) is 0.160. The first-order valence-corrected chi connectivity index (χ1v) is 9.02. The van der Waals surface area contributed by atoms with Gasteiger partial charge in [-0.3, -0.25) is 4.79 Å². The van der Waals surface area contributed by atoms with Crippen LogP contribution < -0.4 is 0 Å². The Balaban J connectivity index is 1.72. The summed E-state index contributed by atoms with van der Waals surface area (Å²) in [5, 5.41) is 39.1. The summed E-state index contributed by atoms with van der Waals surface area (Å²) in [7, 11) is 0. The predicted molar refractivity (Wildman–Crippen MR) is 82.9 cm³/mol. The minimum atomic E-state index is -1.45. The van der Waals surface area contributed by atoms with Crippen molar-refractivity contribution in [1.29, 1.82) is 0 Å². The highest BCUT2D eigenvalue weighted by molar-refractivity contribution is 5.84. The third kappa shape index (κ3) is 3.52. The summed E-state index contributed by atoms with van der Waals surface area (Å²) in [6.45, 7) is -0.486. The van der Waals surface area contributed by atoms with E-state index in [4.69, 9.17) is 9.47 Å². The molecule has 0 radical (unpaired) electrons. The summed E-state index contributed by atoms with van der Waals surface area (Å²) < 4.78 is 11.3. The van der Waals surface area contributed by atoms with Gasteiger partial charge in [0.1, 0.15) is 30.2 Å². The average molecular weight is 344 g/mol. The summed E-state index contributed by atoms with van der Waals surface area (Å²) in [6, 6.07) is 0. The van der Waals surface area contributed by atoms with Crippen LogP contribution in [0.5, 0.6) is 0 Å². The lowest BCUT2D eigenvalue weighted by atomic mass is 9.89. The van der Waals surface area contributed by atoms with Crippen LogP contribution in [-0.2, 0) is 14.3 Å². The van der Waals surface area contributed by atoms with Crippen LogP contribution in [0.25, 0.3) is 0 Å².